The van der Waals surface area contributed by atoms with Crippen LogP contribution < -0.4 is 0 Å². The van der Waals surface area contributed by atoms with Gasteiger partial charge in [0.25, 0.3) is 5.69 Å². The Labute approximate surface area is 128 Å². The summed E-state index contributed by atoms with van der Waals surface area (Å²) in [4.78, 5) is 12.4. The molecule has 3 rings (SSSR count). The standard InChI is InChI=1S/C14H10BrNO3S/c15-9-1-3-11-12(17)6-8-5-10(16(18)19)2-4-13(8)20-14(11)7-9/h1-5,7,12,17H,6H2. The van der Waals surface area contributed by atoms with Crippen LogP contribution in [0.1, 0.15) is 17.2 Å². The van der Waals surface area contributed by atoms with Crippen LogP contribution in [-0.4, -0.2) is 10.0 Å². The molecule has 0 aliphatic carbocycles. The summed E-state index contributed by atoms with van der Waals surface area (Å²) in [6, 6.07) is 10.5. The van der Waals surface area contributed by atoms with Crippen molar-refractivity contribution in [3.05, 3.63) is 62.1 Å². The van der Waals surface area contributed by atoms with E-state index in [0.717, 1.165) is 25.4 Å². The fraction of sp³-hybridized carbons (Fsp3) is 0.143. The van der Waals surface area contributed by atoms with Crippen LogP contribution in [0.3, 0.4) is 0 Å². The van der Waals surface area contributed by atoms with E-state index in [2.05, 4.69) is 15.9 Å². The van der Waals surface area contributed by atoms with Crippen molar-refractivity contribution in [3.8, 4) is 0 Å². The van der Waals surface area contributed by atoms with Crippen LogP contribution in [0, 0.1) is 10.1 Å². The van der Waals surface area contributed by atoms with Gasteiger partial charge in [-0.25, -0.2) is 0 Å². The third-order valence-electron chi connectivity index (χ3n) is 3.22. The summed E-state index contributed by atoms with van der Waals surface area (Å²) in [5.74, 6) is 0. The zero-order valence-electron chi connectivity index (χ0n) is 10.2. The Hall–Kier alpha value is -1.37. The molecular weight excluding hydrogens is 342 g/mol. The minimum absolute atomic E-state index is 0.0590. The number of hydrogen-bond acceptors (Lipinski definition) is 4. The van der Waals surface area contributed by atoms with E-state index in [0.29, 0.717) is 6.42 Å². The van der Waals surface area contributed by atoms with Crippen molar-refractivity contribution in [2.24, 2.45) is 0 Å². The normalized spacial score (nSPS) is 17.0. The van der Waals surface area contributed by atoms with Gasteiger partial charge < -0.3 is 5.11 Å². The van der Waals surface area contributed by atoms with E-state index in [4.69, 9.17) is 0 Å². The molecule has 102 valence electrons. The molecule has 0 radical (unpaired) electrons. The molecule has 1 aliphatic heterocycles. The van der Waals surface area contributed by atoms with E-state index < -0.39 is 11.0 Å². The number of non-ortho nitro benzene ring substituents is 1. The van der Waals surface area contributed by atoms with Crippen LogP contribution in [-0.2, 0) is 6.42 Å². The number of nitro benzene ring substituents is 1. The van der Waals surface area contributed by atoms with Gasteiger partial charge in [-0.1, -0.05) is 33.8 Å². The Morgan fingerprint density at radius 3 is 2.80 bits per heavy atom. The smallest absolute Gasteiger partial charge is 0.269 e. The Kier molecular flexibility index (Phi) is 3.54. The van der Waals surface area contributed by atoms with Crippen LogP contribution in [0.5, 0.6) is 0 Å². The fourth-order valence-electron chi connectivity index (χ4n) is 2.25. The lowest BCUT2D eigenvalue weighted by atomic mass is 10.0. The van der Waals surface area contributed by atoms with E-state index in [9.17, 15) is 15.2 Å². The van der Waals surface area contributed by atoms with Gasteiger partial charge in [0.1, 0.15) is 0 Å². The van der Waals surface area contributed by atoms with Crippen molar-refractivity contribution in [1.82, 2.24) is 0 Å². The van der Waals surface area contributed by atoms with E-state index >= 15 is 0 Å². The van der Waals surface area contributed by atoms with E-state index in [-0.39, 0.29) is 5.69 Å². The van der Waals surface area contributed by atoms with Crippen LogP contribution in [0.4, 0.5) is 5.69 Å². The van der Waals surface area contributed by atoms with E-state index in [1.807, 2.05) is 18.2 Å². The lowest BCUT2D eigenvalue weighted by molar-refractivity contribution is -0.385. The first-order valence-electron chi connectivity index (χ1n) is 5.97. The molecule has 1 unspecified atom stereocenters. The zero-order chi connectivity index (χ0) is 14.3. The number of hydrogen-bond donors (Lipinski definition) is 1. The maximum atomic E-state index is 10.8. The second-order valence-corrected chi connectivity index (χ2v) is 6.55. The topological polar surface area (TPSA) is 63.4 Å². The predicted octanol–water partition coefficient (Wildman–Crippen LogP) is 4.10. The highest BCUT2D eigenvalue weighted by molar-refractivity contribution is 9.10. The summed E-state index contributed by atoms with van der Waals surface area (Å²) in [6.07, 6.45) is -0.257. The molecule has 2 aromatic carbocycles. The summed E-state index contributed by atoms with van der Waals surface area (Å²) in [7, 11) is 0. The molecule has 0 aromatic heterocycles. The van der Waals surface area contributed by atoms with Crippen molar-refractivity contribution in [2.75, 3.05) is 0 Å². The van der Waals surface area contributed by atoms with Gasteiger partial charge in [-0.15, -0.1) is 0 Å². The predicted molar refractivity (Wildman–Crippen MR) is 80.0 cm³/mol. The van der Waals surface area contributed by atoms with Crippen molar-refractivity contribution in [1.29, 1.82) is 0 Å². The molecule has 0 bridgehead atoms. The highest BCUT2D eigenvalue weighted by Crippen LogP contribution is 2.42. The second kappa shape index (κ2) is 5.20. The van der Waals surface area contributed by atoms with Gasteiger partial charge in [0.15, 0.2) is 0 Å². The van der Waals surface area contributed by atoms with Crippen molar-refractivity contribution < 1.29 is 10.0 Å². The molecule has 0 saturated heterocycles. The third-order valence-corrected chi connectivity index (χ3v) is 4.91. The molecule has 2 aromatic rings. The number of fused-ring (bicyclic) bond motifs is 2. The molecule has 0 fully saturated rings. The summed E-state index contributed by atoms with van der Waals surface area (Å²) >= 11 is 4.95. The molecule has 0 spiro atoms. The van der Waals surface area contributed by atoms with Crippen molar-refractivity contribution in [2.45, 2.75) is 22.3 Å². The number of halogens is 1. The van der Waals surface area contributed by atoms with Gasteiger partial charge in [0.05, 0.1) is 11.0 Å². The molecule has 6 heteroatoms. The summed E-state index contributed by atoms with van der Waals surface area (Å²) < 4.78 is 0.946. The SMILES string of the molecule is O=[N+]([O-])c1ccc2c(c1)CC(O)c1ccc(Br)cc1S2. The van der Waals surface area contributed by atoms with Crippen LogP contribution in [0.2, 0.25) is 0 Å². The van der Waals surface area contributed by atoms with Crippen LogP contribution in [0.25, 0.3) is 0 Å². The molecule has 20 heavy (non-hydrogen) atoms. The number of rotatable bonds is 1. The number of benzene rings is 2. The molecule has 1 N–H and O–H groups in total. The van der Waals surface area contributed by atoms with Crippen molar-refractivity contribution in [3.63, 3.8) is 0 Å². The second-order valence-electron chi connectivity index (χ2n) is 4.55. The summed E-state index contributed by atoms with van der Waals surface area (Å²) in [6.45, 7) is 0. The number of aliphatic hydroxyl groups excluding tert-OH is 1. The fourth-order valence-corrected chi connectivity index (χ4v) is 3.91. The average Bonchev–Trinajstić information content (AvgIpc) is 2.53. The number of aliphatic hydroxyl groups is 1. The van der Waals surface area contributed by atoms with E-state index in [1.165, 1.54) is 17.8 Å². The average molecular weight is 352 g/mol. The number of nitrogens with zero attached hydrogens (tertiary/aromatic N) is 1. The highest BCUT2D eigenvalue weighted by atomic mass is 79.9. The molecular formula is C14H10BrNO3S. The van der Waals surface area contributed by atoms with Gasteiger partial charge in [-0.2, -0.15) is 0 Å². The first-order chi connectivity index (χ1) is 9.54. The largest absolute Gasteiger partial charge is 0.388 e. The molecule has 1 atom stereocenters. The van der Waals surface area contributed by atoms with Gasteiger partial charge in [0, 0.05) is 32.8 Å². The Balaban J connectivity index is 2.10. The van der Waals surface area contributed by atoms with Crippen LogP contribution in [0.15, 0.2) is 50.7 Å². The minimum atomic E-state index is -0.645. The van der Waals surface area contributed by atoms with Gasteiger partial charge in [-0.05, 0) is 29.3 Å². The molecule has 0 saturated carbocycles. The number of nitro groups is 1. The molecule has 0 amide bonds. The maximum absolute atomic E-state index is 10.8. The first kappa shape index (κ1) is 13.6. The quantitative estimate of drug-likeness (QED) is 0.620. The Bertz CT molecular complexity index is 705. The Morgan fingerprint density at radius 1 is 1.25 bits per heavy atom. The molecule has 1 aliphatic rings. The van der Waals surface area contributed by atoms with Gasteiger partial charge >= 0.3 is 0 Å². The zero-order valence-corrected chi connectivity index (χ0v) is 12.6. The summed E-state index contributed by atoms with van der Waals surface area (Å²) in [5.41, 5.74) is 1.73. The minimum Gasteiger partial charge on any atom is -0.388 e. The third kappa shape index (κ3) is 2.46. The monoisotopic (exact) mass is 351 g/mol. The van der Waals surface area contributed by atoms with Gasteiger partial charge in [-0.3, -0.25) is 10.1 Å². The van der Waals surface area contributed by atoms with E-state index in [1.54, 1.807) is 12.1 Å². The molecule has 1 heterocycles. The molecule has 4 nitrogen and oxygen atoms in total. The Morgan fingerprint density at radius 2 is 2.05 bits per heavy atom. The van der Waals surface area contributed by atoms with Crippen molar-refractivity contribution >= 4 is 33.4 Å². The highest BCUT2D eigenvalue weighted by Gasteiger charge is 2.22. The summed E-state index contributed by atoms with van der Waals surface area (Å²) in [5, 5.41) is 21.2. The van der Waals surface area contributed by atoms with Gasteiger partial charge in [0.2, 0.25) is 0 Å². The maximum Gasteiger partial charge on any atom is 0.269 e. The van der Waals surface area contributed by atoms with Crippen LogP contribution >= 0.6 is 27.7 Å². The first-order valence-corrected chi connectivity index (χ1v) is 7.58. The lowest BCUT2D eigenvalue weighted by Crippen LogP contribution is -2.02. The lowest BCUT2D eigenvalue weighted by Gasteiger charge is -2.10.